The molecule has 0 aromatic rings. The molecule has 0 bridgehead atoms. The van der Waals surface area contributed by atoms with E-state index in [1.165, 1.54) is 0 Å². The van der Waals surface area contributed by atoms with Crippen molar-refractivity contribution in [2.75, 3.05) is 20.2 Å². The van der Waals surface area contributed by atoms with Crippen molar-refractivity contribution in [3.8, 4) is 0 Å². The predicted octanol–water partition coefficient (Wildman–Crippen LogP) is -0.550. The standard InChI is InChI=1S/C8H18N4O/c1-6-7(3-4-13-6)5-11-8(10-2)12-9/h6-7H,3-5,9H2,1-2H3,(H2,10,11,12). The summed E-state index contributed by atoms with van der Waals surface area (Å²) in [5.41, 5.74) is 2.49. The lowest BCUT2D eigenvalue weighted by molar-refractivity contribution is 0.106. The van der Waals surface area contributed by atoms with Crippen LogP contribution in [0, 0.1) is 5.92 Å². The van der Waals surface area contributed by atoms with Gasteiger partial charge in [-0.25, -0.2) is 5.84 Å². The van der Waals surface area contributed by atoms with Crippen LogP contribution in [0.5, 0.6) is 0 Å². The van der Waals surface area contributed by atoms with Crippen molar-refractivity contribution in [1.82, 2.24) is 10.7 Å². The fraction of sp³-hybridized carbons (Fsp3) is 0.875. The highest BCUT2D eigenvalue weighted by Crippen LogP contribution is 2.18. The molecule has 2 atom stereocenters. The van der Waals surface area contributed by atoms with Crippen LogP contribution in [-0.4, -0.2) is 32.3 Å². The molecule has 4 N–H and O–H groups in total. The molecule has 1 aliphatic heterocycles. The molecule has 1 saturated heterocycles. The first-order valence-corrected chi connectivity index (χ1v) is 4.56. The van der Waals surface area contributed by atoms with E-state index in [2.05, 4.69) is 22.7 Å². The fourth-order valence-electron chi connectivity index (χ4n) is 1.47. The molecule has 0 aliphatic carbocycles. The van der Waals surface area contributed by atoms with E-state index in [0.29, 0.717) is 18.0 Å². The molecule has 2 unspecified atom stereocenters. The maximum absolute atomic E-state index is 5.43. The second kappa shape index (κ2) is 5.04. The zero-order chi connectivity index (χ0) is 9.68. The Morgan fingerprint density at radius 3 is 2.92 bits per heavy atom. The molecule has 1 fully saturated rings. The van der Waals surface area contributed by atoms with Gasteiger partial charge in [0.05, 0.1) is 6.10 Å². The SMILES string of the molecule is CN=C(NN)NCC1CCOC1C. The van der Waals surface area contributed by atoms with Crippen LogP contribution >= 0.6 is 0 Å². The Morgan fingerprint density at radius 1 is 1.69 bits per heavy atom. The maximum atomic E-state index is 5.43. The smallest absolute Gasteiger partial charge is 0.205 e. The van der Waals surface area contributed by atoms with Gasteiger partial charge in [-0.2, -0.15) is 0 Å². The van der Waals surface area contributed by atoms with Crippen molar-refractivity contribution in [2.45, 2.75) is 19.4 Å². The van der Waals surface area contributed by atoms with Crippen LogP contribution in [0.2, 0.25) is 0 Å². The van der Waals surface area contributed by atoms with Gasteiger partial charge < -0.3 is 10.1 Å². The summed E-state index contributed by atoms with van der Waals surface area (Å²) >= 11 is 0. The fourth-order valence-corrected chi connectivity index (χ4v) is 1.47. The zero-order valence-electron chi connectivity index (χ0n) is 8.21. The molecule has 0 aromatic heterocycles. The Bertz CT molecular complexity index is 183. The lowest BCUT2D eigenvalue weighted by Crippen LogP contribution is -2.44. The van der Waals surface area contributed by atoms with E-state index in [1.807, 2.05) is 0 Å². The second-order valence-electron chi connectivity index (χ2n) is 3.22. The van der Waals surface area contributed by atoms with Crippen LogP contribution in [-0.2, 0) is 4.74 Å². The number of aliphatic imine (C=N–C) groups is 1. The number of rotatable bonds is 2. The minimum Gasteiger partial charge on any atom is -0.378 e. The summed E-state index contributed by atoms with van der Waals surface area (Å²) in [5.74, 6) is 6.41. The van der Waals surface area contributed by atoms with Gasteiger partial charge in [-0.1, -0.05) is 0 Å². The number of nitrogens with two attached hydrogens (primary N) is 1. The van der Waals surface area contributed by atoms with Crippen LogP contribution in [0.25, 0.3) is 0 Å². The third kappa shape index (κ3) is 2.86. The van der Waals surface area contributed by atoms with E-state index < -0.39 is 0 Å². The number of hydrogen-bond donors (Lipinski definition) is 3. The average Bonchev–Trinajstić information content (AvgIpc) is 2.54. The van der Waals surface area contributed by atoms with Gasteiger partial charge in [0.2, 0.25) is 5.96 Å². The largest absolute Gasteiger partial charge is 0.378 e. The average molecular weight is 186 g/mol. The zero-order valence-corrected chi connectivity index (χ0v) is 8.21. The van der Waals surface area contributed by atoms with Crippen LogP contribution in [0.1, 0.15) is 13.3 Å². The molecule has 13 heavy (non-hydrogen) atoms. The van der Waals surface area contributed by atoms with E-state index in [4.69, 9.17) is 10.6 Å². The third-order valence-electron chi connectivity index (χ3n) is 2.43. The first-order chi connectivity index (χ1) is 6.27. The van der Waals surface area contributed by atoms with Gasteiger partial charge in [-0.3, -0.25) is 10.4 Å². The van der Waals surface area contributed by atoms with Crippen molar-refractivity contribution >= 4 is 5.96 Å². The molecule has 0 amide bonds. The summed E-state index contributed by atoms with van der Waals surface area (Å²) in [5, 5.41) is 3.13. The number of ether oxygens (including phenoxy) is 1. The molecule has 0 spiro atoms. The molecule has 5 nitrogen and oxygen atoms in total. The van der Waals surface area contributed by atoms with Crippen molar-refractivity contribution in [3.05, 3.63) is 0 Å². The summed E-state index contributed by atoms with van der Waals surface area (Å²) in [6.45, 7) is 3.82. The third-order valence-corrected chi connectivity index (χ3v) is 2.43. The second-order valence-corrected chi connectivity index (χ2v) is 3.22. The van der Waals surface area contributed by atoms with E-state index in [0.717, 1.165) is 19.6 Å². The Labute approximate surface area is 78.7 Å². The highest BCUT2D eigenvalue weighted by molar-refractivity contribution is 5.78. The first kappa shape index (κ1) is 10.3. The molecule has 0 radical (unpaired) electrons. The summed E-state index contributed by atoms with van der Waals surface area (Å²) in [4.78, 5) is 3.92. The summed E-state index contributed by atoms with van der Waals surface area (Å²) < 4.78 is 5.43. The topological polar surface area (TPSA) is 71.7 Å². The van der Waals surface area contributed by atoms with E-state index >= 15 is 0 Å². The Hall–Kier alpha value is -0.810. The summed E-state index contributed by atoms with van der Waals surface area (Å²) in [6.07, 6.45) is 1.44. The maximum Gasteiger partial charge on any atom is 0.205 e. The van der Waals surface area contributed by atoms with E-state index in [9.17, 15) is 0 Å². The van der Waals surface area contributed by atoms with Gasteiger partial charge in [0.1, 0.15) is 0 Å². The van der Waals surface area contributed by atoms with Crippen LogP contribution in [0.15, 0.2) is 4.99 Å². The van der Waals surface area contributed by atoms with Crippen LogP contribution < -0.4 is 16.6 Å². The normalized spacial score (nSPS) is 29.0. The van der Waals surface area contributed by atoms with Gasteiger partial charge in [0.15, 0.2) is 0 Å². The van der Waals surface area contributed by atoms with Gasteiger partial charge in [0, 0.05) is 26.1 Å². The van der Waals surface area contributed by atoms with Gasteiger partial charge >= 0.3 is 0 Å². The van der Waals surface area contributed by atoms with Crippen molar-refractivity contribution in [1.29, 1.82) is 0 Å². The molecular weight excluding hydrogens is 168 g/mol. The van der Waals surface area contributed by atoms with Crippen molar-refractivity contribution < 1.29 is 4.74 Å². The molecule has 1 rings (SSSR count). The minimum atomic E-state index is 0.336. The quantitative estimate of drug-likeness (QED) is 0.234. The van der Waals surface area contributed by atoms with E-state index in [1.54, 1.807) is 7.05 Å². The minimum absolute atomic E-state index is 0.336. The molecule has 0 aromatic carbocycles. The molecule has 1 aliphatic rings. The van der Waals surface area contributed by atoms with Crippen LogP contribution in [0.3, 0.4) is 0 Å². The number of hydrazine groups is 1. The number of nitrogens with zero attached hydrogens (tertiary/aromatic N) is 1. The Morgan fingerprint density at radius 2 is 2.46 bits per heavy atom. The summed E-state index contributed by atoms with van der Waals surface area (Å²) in [6, 6.07) is 0. The van der Waals surface area contributed by atoms with E-state index in [-0.39, 0.29) is 0 Å². The van der Waals surface area contributed by atoms with Gasteiger partial charge in [-0.15, -0.1) is 0 Å². The van der Waals surface area contributed by atoms with Gasteiger partial charge in [-0.05, 0) is 13.3 Å². The highest BCUT2D eigenvalue weighted by atomic mass is 16.5. The Balaban J connectivity index is 2.25. The van der Waals surface area contributed by atoms with Gasteiger partial charge in [0.25, 0.3) is 0 Å². The predicted molar refractivity (Wildman–Crippen MR) is 52.2 cm³/mol. The highest BCUT2D eigenvalue weighted by Gasteiger charge is 2.23. The molecular formula is C8H18N4O. The molecule has 76 valence electrons. The lowest BCUT2D eigenvalue weighted by atomic mass is 10.0. The molecule has 1 heterocycles. The molecule has 5 heteroatoms. The number of guanidine groups is 1. The van der Waals surface area contributed by atoms with Crippen LogP contribution in [0.4, 0.5) is 0 Å². The lowest BCUT2D eigenvalue weighted by Gasteiger charge is -2.15. The van der Waals surface area contributed by atoms with Crippen molar-refractivity contribution in [3.63, 3.8) is 0 Å². The van der Waals surface area contributed by atoms with Crippen molar-refractivity contribution in [2.24, 2.45) is 16.8 Å². The number of hydrogen-bond acceptors (Lipinski definition) is 3. The Kier molecular flexibility index (Phi) is 3.98. The summed E-state index contributed by atoms with van der Waals surface area (Å²) in [7, 11) is 1.69. The first-order valence-electron chi connectivity index (χ1n) is 4.56. The monoisotopic (exact) mass is 186 g/mol. The molecule has 0 saturated carbocycles. The number of nitrogens with one attached hydrogen (secondary N) is 2.